The van der Waals surface area contributed by atoms with Crippen molar-refractivity contribution in [2.75, 3.05) is 5.32 Å². The molecule has 0 saturated carbocycles. The molecule has 0 unspecified atom stereocenters. The fourth-order valence-electron chi connectivity index (χ4n) is 1.22. The third-order valence-electron chi connectivity index (χ3n) is 2.04. The van der Waals surface area contributed by atoms with Crippen LogP contribution in [-0.4, -0.2) is 15.0 Å². The Morgan fingerprint density at radius 2 is 2.00 bits per heavy atom. The Balaban J connectivity index is 2.20. The van der Waals surface area contributed by atoms with Gasteiger partial charge < -0.3 is 11.1 Å². The van der Waals surface area contributed by atoms with E-state index in [1.165, 1.54) is 6.20 Å². The summed E-state index contributed by atoms with van der Waals surface area (Å²) in [6.45, 7) is 0. The Bertz CT molecular complexity index is 541. The molecule has 4 nitrogen and oxygen atoms in total. The van der Waals surface area contributed by atoms with Gasteiger partial charge in [-0.1, -0.05) is 36.0 Å². The molecule has 0 amide bonds. The molecule has 0 radical (unpaired) electrons. The van der Waals surface area contributed by atoms with Gasteiger partial charge >= 0.3 is 0 Å². The molecule has 3 N–H and O–H groups in total. The van der Waals surface area contributed by atoms with E-state index in [1.807, 2.05) is 18.2 Å². The number of halogens is 1. The van der Waals surface area contributed by atoms with Gasteiger partial charge in [0.1, 0.15) is 16.5 Å². The highest BCUT2D eigenvalue weighted by atomic mass is 35.5. The second kappa shape index (κ2) is 5.07. The number of thiocarbonyl (C=S) groups is 1. The van der Waals surface area contributed by atoms with Crippen molar-refractivity contribution in [1.29, 1.82) is 0 Å². The average Bonchev–Trinajstić information content (AvgIpc) is 2.33. The Hall–Kier alpha value is -1.72. The predicted molar refractivity (Wildman–Crippen MR) is 72.7 cm³/mol. The molecule has 1 aromatic carbocycles. The van der Waals surface area contributed by atoms with Gasteiger partial charge in [0.15, 0.2) is 0 Å². The Labute approximate surface area is 109 Å². The van der Waals surface area contributed by atoms with Gasteiger partial charge in [-0.05, 0) is 12.1 Å². The van der Waals surface area contributed by atoms with Gasteiger partial charge in [0.2, 0.25) is 0 Å². The third-order valence-corrected chi connectivity index (χ3v) is 2.58. The summed E-state index contributed by atoms with van der Waals surface area (Å²) in [4.78, 5) is 8.43. The number of hydrogen-bond donors (Lipinski definition) is 2. The number of benzene rings is 1. The molecule has 0 aliphatic carbocycles. The third kappa shape index (κ3) is 2.89. The van der Waals surface area contributed by atoms with Crippen LogP contribution in [0.25, 0.3) is 0 Å². The first kappa shape index (κ1) is 11.8. The lowest BCUT2D eigenvalue weighted by molar-refractivity contribution is 1.18. The molecule has 1 heterocycles. The van der Waals surface area contributed by atoms with E-state index in [0.29, 0.717) is 16.5 Å². The van der Waals surface area contributed by atoms with Crippen molar-refractivity contribution >= 4 is 40.3 Å². The maximum Gasteiger partial charge on any atom is 0.148 e. The summed E-state index contributed by atoms with van der Waals surface area (Å²) in [5, 5.41) is 3.67. The summed E-state index contributed by atoms with van der Waals surface area (Å²) >= 11 is 10.8. The first-order chi connectivity index (χ1) is 8.16. The highest BCUT2D eigenvalue weighted by Crippen LogP contribution is 2.23. The maximum atomic E-state index is 6.00. The molecule has 1 aromatic heterocycles. The number of aromatic nitrogens is 2. The number of nitrogens with zero attached hydrogens (tertiary/aromatic N) is 2. The second-order valence-corrected chi connectivity index (χ2v) is 4.10. The van der Waals surface area contributed by atoms with Crippen molar-refractivity contribution in [3.05, 3.63) is 47.4 Å². The van der Waals surface area contributed by atoms with Crippen molar-refractivity contribution < 1.29 is 0 Å². The van der Waals surface area contributed by atoms with Crippen LogP contribution in [0.4, 0.5) is 11.5 Å². The van der Waals surface area contributed by atoms with Crippen LogP contribution in [-0.2, 0) is 0 Å². The van der Waals surface area contributed by atoms with Crippen molar-refractivity contribution in [3.8, 4) is 0 Å². The zero-order valence-corrected chi connectivity index (χ0v) is 10.3. The van der Waals surface area contributed by atoms with Crippen LogP contribution in [0.5, 0.6) is 0 Å². The predicted octanol–water partition coefficient (Wildman–Crippen LogP) is 2.51. The molecule has 0 aliphatic rings. The molecule has 6 heteroatoms. The number of hydrogen-bond acceptors (Lipinski definition) is 4. The van der Waals surface area contributed by atoms with Crippen LogP contribution < -0.4 is 11.1 Å². The number of para-hydroxylation sites is 1. The molecule has 17 heavy (non-hydrogen) atoms. The van der Waals surface area contributed by atoms with Gasteiger partial charge in [-0.15, -0.1) is 0 Å². The van der Waals surface area contributed by atoms with Crippen LogP contribution >= 0.6 is 23.8 Å². The van der Waals surface area contributed by atoms with Crippen molar-refractivity contribution in [3.63, 3.8) is 0 Å². The summed E-state index contributed by atoms with van der Waals surface area (Å²) in [5.74, 6) is 0.582. The molecule has 0 bridgehead atoms. The van der Waals surface area contributed by atoms with Gasteiger partial charge in [-0.2, -0.15) is 0 Å². The molecular formula is C11H9ClN4S. The minimum absolute atomic E-state index is 0.224. The highest BCUT2D eigenvalue weighted by Gasteiger charge is 2.02. The van der Waals surface area contributed by atoms with Crippen LogP contribution in [0.2, 0.25) is 5.02 Å². The lowest BCUT2D eigenvalue weighted by Crippen LogP contribution is -2.12. The standard InChI is InChI=1S/C11H9ClN4S/c12-7-3-1-2-4-8(7)16-10-6-14-9(5-15-10)11(13)17/h1-6H,(H2,13,17)(H,15,16). The molecule has 0 saturated heterocycles. The van der Waals surface area contributed by atoms with E-state index < -0.39 is 0 Å². The quantitative estimate of drug-likeness (QED) is 0.834. The van der Waals surface area contributed by atoms with Gasteiger partial charge in [-0.25, -0.2) is 9.97 Å². The Morgan fingerprint density at radius 1 is 1.24 bits per heavy atom. The van der Waals surface area contributed by atoms with Crippen molar-refractivity contribution in [1.82, 2.24) is 9.97 Å². The zero-order valence-electron chi connectivity index (χ0n) is 8.72. The molecular weight excluding hydrogens is 256 g/mol. The van der Waals surface area contributed by atoms with Crippen LogP contribution in [0.15, 0.2) is 36.7 Å². The SMILES string of the molecule is NC(=S)c1cnc(Nc2ccccc2Cl)cn1. The fourth-order valence-corrected chi connectivity index (χ4v) is 1.51. The lowest BCUT2D eigenvalue weighted by atomic mass is 10.3. The van der Waals surface area contributed by atoms with Crippen molar-refractivity contribution in [2.24, 2.45) is 5.73 Å². The lowest BCUT2D eigenvalue weighted by Gasteiger charge is -2.07. The van der Waals surface area contributed by atoms with Crippen molar-refractivity contribution in [2.45, 2.75) is 0 Å². The Morgan fingerprint density at radius 3 is 2.59 bits per heavy atom. The average molecular weight is 265 g/mol. The second-order valence-electron chi connectivity index (χ2n) is 3.26. The summed E-state index contributed by atoms with van der Waals surface area (Å²) < 4.78 is 0. The van der Waals surface area contributed by atoms with Crippen LogP contribution in [0.1, 0.15) is 5.69 Å². The van der Waals surface area contributed by atoms with E-state index in [4.69, 9.17) is 29.6 Å². The zero-order chi connectivity index (χ0) is 12.3. The summed E-state index contributed by atoms with van der Waals surface area (Å²) in [6.07, 6.45) is 3.07. The largest absolute Gasteiger partial charge is 0.388 e. The maximum absolute atomic E-state index is 6.00. The van der Waals surface area contributed by atoms with E-state index in [2.05, 4.69) is 15.3 Å². The number of rotatable bonds is 3. The molecule has 86 valence electrons. The molecule has 0 fully saturated rings. The molecule has 0 atom stereocenters. The summed E-state index contributed by atoms with van der Waals surface area (Å²) in [7, 11) is 0. The molecule has 2 rings (SSSR count). The number of nitrogens with one attached hydrogen (secondary N) is 1. The van der Waals surface area contributed by atoms with Gasteiger partial charge in [0.25, 0.3) is 0 Å². The Kier molecular flexibility index (Phi) is 3.51. The van der Waals surface area contributed by atoms with E-state index >= 15 is 0 Å². The minimum Gasteiger partial charge on any atom is -0.388 e. The smallest absolute Gasteiger partial charge is 0.148 e. The van der Waals surface area contributed by atoms with Crippen LogP contribution in [0.3, 0.4) is 0 Å². The normalized spacial score (nSPS) is 9.94. The van der Waals surface area contributed by atoms with Crippen LogP contribution in [0, 0.1) is 0 Å². The minimum atomic E-state index is 0.224. The number of nitrogens with two attached hydrogens (primary N) is 1. The topological polar surface area (TPSA) is 63.8 Å². The molecule has 0 spiro atoms. The van der Waals surface area contributed by atoms with E-state index in [0.717, 1.165) is 5.69 Å². The van der Waals surface area contributed by atoms with Gasteiger partial charge in [-0.3, -0.25) is 0 Å². The molecule has 0 aliphatic heterocycles. The number of anilines is 2. The van der Waals surface area contributed by atoms with E-state index in [1.54, 1.807) is 12.3 Å². The van der Waals surface area contributed by atoms with E-state index in [-0.39, 0.29) is 4.99 Å². The van der Waals surface area contributed by atoms with Gasteiger partial charge in [0.05, 0.1) is 23.1 Å². The fraction of sp³-hybridized carbons (Fsp3) is 0. The summed E-state index contributed by atoms with van der Waals surface area (Å²) in [6, 6.07) is 7.38. The monoisotopic (exact) mass is 264 g/mol. The molecule has 2 aromatic rings. The highest BCUT2D eigenvalue weighted by molar-refractivity contribution is 7.80. The first-order valence-electron chi connectivity index (χ1n) is 4.80. The first-order valence-corrected chi connectivity index (χ1v) is 5.59. The van der Waals surface area contributed by atoms with E-state index in [9.17, 15) is 0 Å². The summed E-state index contributed by atoms with van der Waals surface area (Å²) in [5.41, 5.74) is 6.69. The van der Waals surface area contributed by atoms with Gasteiger partial charge in [0, 0.05) is 0 Å².